The van der Waals surface area contributed by atoms with E-state index < -0.39 is 27.0 Å². The topological polar surface area (TPSA) is 63.7 Å². The fourth-order valence-electron chi connectivity index (χ4n) is 1.05. The predicted molar refractivity (Wildman–Crippen MR) is 58.8 cm³/mol. The summed E-state index contributed by atoms with van der Waals surface area (Å²) < 4.78 is 28.7. The number of hydrogen-bond donors (Lipinski definition) is 0. The van der Waals surface area contributed by atoms with E-state index in [1.54, 1.807) is 20.8 Å². The molecular formula is C10H15NO4S. The van der Waals surface area contributed by atoms with Gasteiger partial charge in [0.15, 0.2) is 0 Å². The summed E-state index contributed by atoms with van der Waals surface area (Å²) in [4.78, 5) is 11.6. The summed E-state index contributed by atoms with van der Waals surface area (Å²) in [5.74, 6) is 0. The Morgan fingerprint density at radius 1 is 1.44 bits per heavy atom. The average Bonchev–Trinajstić information content (AvgIpc) is 2.81. The first kappa shape index (κ1) is 12.8. The highest BCUT2D eigenvalue weighted by atomic mass is 32.2. The Hall–Kier alpha value is -1.22. The van der Waals surface area contributed by atoms with E-state index in [2.05, 4.69) is 0 Å². The largest absolute Gasteiger partial charge is 0.442 e. The third kappa shape index (κ3) is 2.89. The minimum Gasteiger partial charge on any atom is -0.442 e. The van der Waals surface area contributed by atoms with Gasteiger partial charge in [-0.15, -0.1) is 4.31 Å². The molecule has 90 valence electrons. The molecule has 1 rings (SSSR count). The standard InChI is InChI=1S/C10H15NO4S/c1-5-11(9(12)15-10(2,3)4)16(13,14)8-6-7-8/h1,8H,6-7H2,2-4H3. The molecule has 0 bridgehead atoms. The van der Waals surface area contributed by atoms with E-state index in [1.165, 1.54) is 0 Å². The van der Waals surface area contributed by atoms with Gasteiger partial charge >= 0.3 is 6.09 Å². The van der Waals surface area contributed by atoms with E-state index in [0.717, 1.165) is 0 Å². The Bertz CT molecular complexity index is 423. The van der Waals surface area contributed by atoms with E-state index in [-0.39, 0.29) is 0 Å². The molecule has 1 aliphatic carbocycles. The normalized spacial score (nSPS) is 16.4. The van der Waals surface area contributed by atoms with Crippen molar-refractivity contribution in [2.75, 3.05) is 0 Å². The molecule has 0 aromatic heterocycles. The molecule has 1 aliphatic rings. The van der Waals surface area contributed by atoms with E-state index in [1.807, 2.05) is 6.04 Å². The number of terminal acetylenes is 1. The average molecular weight is 245 g/mol. The highest BCUT2D eigenvalue weighted by Crippen LogP contribution is 2.31. The fourth-order valence-corrected chi connectivity index (χ4v) is 2.47. The lowest BCUT2D eigenvalue weighted by Crippen LogP contribution is -2.39. The van der Waals surface area contributed by atoms with Gasteiger partial charge in [0.25, 0.3) is 10.0 Å². The van der Waals surface area contributed by atoms with Crippen molar-refractivity contribution < 1.29 is 17.9 Å². The van der Waals surface area contributed by atoms with Crippen molar-refractivity contribution in [3.63, 3.8) is 0 Å². The van der Waals surface area contributed by atoms with E-state index >= 15 is 0 Å². The number of amides is 1. The highest BCUT2D eigenvalue weighted by molar-refractivity contribution is 7.90. The molecule has 1 saturated carbocycles. The Kier molecular flexibility index (Phi) is 3.20. The number of ether oxygens (including phenoxy) is 1. The summed E-state index contributed by atoms with van der Waals surface area (Å²) in [6, 6.07) is 1.86. The van der Waals surface area contributed by atoms with Crippen LogP contribution in [0.2, 0.25) is 0 Å². The molecule has 1 amide bonds. The Balaban J connectivity index is 2.84. The van der Waals surface area contributed by atoms with Crippen molar-refractivity contribution in [2.24, 2.45) is 0 Å². The summed E-state index contributed by atoms with van der Waals surface area (Å²) in [7, 11) is -3.73. The Labute approximate surface area is 95.8 Å². The maximum absolute atomic E-state index is 11.7. The van der Waals surface area contributed by atoms with Gasteiger partial charge in [0.2, 0.25) is 0 Å². The lowest BCUT2D eigenvalue weighted by atomic mass is 10.2. The third-order valence-electron chi connectivity index (χ3n) is 1.88. The zero-order chi connectivity index (χ0) is 12.6. The van der Waals surface area contributed by atoms with Gasteiger partial charge in [-0.2, -0.15) is 0 Å². The number of hydrogen-bond acceptors (Lipinski definition) is 4. The Morgan fingerprint density at radius 2 is 1.94 bits per heavy atom. The molecule has 16 heavy (non-hydrogen) atoms. The minimum absolute atomic E-state index is 0.357. The highest BCUT2D eigenvalue weighted by Gasteiger charge is 2.43. The van der Waals surface area contributed by atoms with Crippen molar-refractivity contribution in [1.29, 1.82) is 0 Å². The van der Waals surface area contributed by atoms with Crippen LogP contribution in [0.4, 0.5) is 4.79 Å². The molecule has 0 spiro atoms. The first-order valence-electron chi connectivity index (χ1n) is 4.92. The maximum Gasteiger partial charge on any atom is 0.436 e. The van der Waals surface area contributed by atoms with Gasteiger partial charge in [0, 0.05) is 6.04 Å². The van der Waals surface area contributed by atoms with Crippen LogP contribution < -0.4 is 0 Å². The molecule has 0 N–H and O–H groups in total. The molecule has 5 nitrogen and oxygen atoms in total. The van der Waals surface area contributed by atoms with Gasteiger partial charge in [-0.3, -0.25) is 0 Å². The SMILES string of the molecule is C#CN(C(=O)OC(C)(C)C)S(=O)(=O)C1CC1. The van der Waals surface area contributed by atoms with Gasteiger partial charge in [0.05, 0.1) is 5.25 Å². The molecule has 0 radical (unpaired) electrons. The fraction of sp³-hybridized carbons (Fsp3) is 0.700. The van der Waals surface area contributed by atoms with Gasteiger partial charge in [-0.05, 0) is 33.6 Å². The Morgan fingerprint density at radius 3 is 2.25 bits per heavy atom. The first-order valence-corrected chi connectivity index (χ1v) is 6.42. The van der Waals surface area contributed by atoms with Crippen molar-refractivity contribution in [1.82, 2.24) is 4.31 Å². The first-order chi connectivity index (χ1) is 7.18. The smallest absolute Gasteiger partial charge is 0.436 e. The molecule has 0 unspecified atom stereocenters. The molecule has 0 heterocycles. The number of carbonyl (C=O) groups is 1. The van der Waals surface area contributed by atoms with Crippen molar-refractivity contribution in [2.45, 2.75) is 44.5 Å². The molecule has 0 aromatic carbocycles. The summed E-state index contributed by atoms with van der Waals surface area (Å²) >= 11 is 0. The molecule has 0 aliphatic heterocycles. The van der Waals surface area contributed by atoms with Crippen LogP contribution in [0.1, 0.15) is 33.6 Å². The maximum atomic E-state index is 11.7. The van der Waals surface area contributed by atoms with E-state index in [4.69, 9.17) is 11.2 Å². The van der Waals surface area contributed by atoms with Crippen LogP contribution in [0.5, 0.6) is 0 Å². The van der Waals surface area contributed by atoms with Crippen LogP contribution in [-0.4, -0.2) is 29.7 Å². The molecular weight excluding hydrogens is 230 g/mol. The van der Waals surface area contributed by atoms with Gasteiger partial charge in [0.1, 0.15) is 5.60 Å². The van der Waals surface area contributed by atoms with Crippen molar-refractivity contribution in [3.8, 4) is 12.5 Å². The van der Waals surface area contributed by atoms with Gasteiger partial charge in [-0.25, -0.2) is 13.2 Å². The van der Waals surface area contributed by atoms with E-state index in [0.29, 0.717) is 17.1 Å². The quantitative estimate of drug-likeness (QED) is 0.543. The van der Waals surface area contributed by atoms with E-state index in [9.17, 15) is 13.2 Å². The lowest BCUT2D eigenvalue weighted by molar-refractivity contribution is 0.0453. The molecule has 0 saturated heterocycles. The van der Waals surface area contributed by atoms with Crippen molar-refractivity contribution >= 4 is 16.1 Å². The summed E-state index contributed by atoms with van der Waals surface area (Å²) in [6.45, 7) is 4.93. The second kappa shape index (κ2) is 3.98. The van der Waals surface area contributed by atoms with Crippen LogP contribution in [-0.2, 0) is 14.8 Å². The summed E-state index contributed by atoms with van der Waals surface area (Å²) in [6.07, 6.45) is 5.12. The molecule has 0 atom stereocenters. The van der Waals surface area contributed by atoms with Crippen LogP contribution in [0.3, 0.4) is 0 Å². The van der Waals surface area contributed by atoms with Gasteiger partial charge in [-0.1, -0.05) is 6.42 Å². The number of rotatable bonds is 2. The van der Waals surface area contributed by atoms with Crippen LogP contribution in [0, 0.1) is 12.5 Å². The second-order valence-electron chi connectivity index (χ2n) is 4.62. The molecule has 0 aromatic rings. The third-order valence-corrected chi connectivity index (χ3v) is 3.95. The monoisotopic (exact) mass is 245 g/mol. The minimum atomic E-state index is -3.73. The van der Waals surface area contributed by atoms with Crippen LogP contribution in [0.25, 0.3) is 0 Å². The number of sulfonamides is 1. The predicted octanol–water partition coefficient (Wildman–Crippen LogP) is 1.31. The molecule has 1 fully saturated rings. The van der Waals surface area contributed by atoms with Gasteiger partial charge < -0.3 is 4.74 Å². The van der Waals surface area contributed by atoms with Crippen LogP contribution in [0.15, 0.2) is 0 Å². The zero-order valence-corrected chi connectivity index (χ0v) is 10.4. The summed E-state index contributed by atoms with van der Waals surface area (Å²) in [5.41, 5.74) is -0.773. The number of nitrogens with zero attached hydrogens (tertiary/aromatic N) is 1. The summed E-state index contributed by atoms with van der Waals surface area (Å²) in [5, 5.41) is -0.531. The number of carbonyl (C=O) groups excluding carboxylic acids is 1. The van der Waals surface area contributed by atoms with Crippen LogP contribution >= 0.6 is 0 Å². The second-order valence-corrected chi connectivity index (χ2v) is 6.68. The van der Waals surface area contributed by atoms with Crippen molar-refractivity contribution in [3.05, 3.63) is 0 Å². The zero-order valence-electron chi connectivity index (χ0n) is 9.56. The lowest BCUT2D eigenvalue weighted by Gasteiger charge is -2.23. The molecule has 6 heteroatoms.